The maximum Gasteiger partial charge on any atom is 0.0408 e. The van der Waals surface area contributed by atoms with Crippen LogP contribution in [0.15, 0.2) is 18.2 Å². The highest BCUT2D eigenvalue weighted by molar-refractivity contribution is 6.30. The number of hydrogen-bond donors (Lipinski definition) is 1. The van der Waals surface area contributed by atoms with E-state index in [1.807, 2.05) is 6.07 Å². The van der Waals surface area contributed by atoms with Gasteiger partial charge in [-0.1, -0.05) is 17.7 Å². The van der Waals surface area contributed by atoms with Gasteiger partial charge in [0.15, 0.2) is 0 Å². The molecule has 1 nitrogen and oxygen atoms in total. The van der Waals surface area contributed by atoms with Gasteiger partial charge in [-0.15, -0.1) is 12.3 Å². The van der Waals surface area contributed by atoms with Crippen LogP contribution in [0.2, 0.25) is 5.02 Å². The van der Waals surface area contributed by atoms with E-state index in [0.29, 0.717) is 6.04 Å². The summed E-state index contributed by atoms with van der Waals surface area (Å²) in [5.74, 6) is 2.66. The van der Waals surface area contributed by atoms with E-state index < -0.39 is 0 Å². The Morgan fingerprint density at radius 2 is 2.38 bits per heavy atom. The van der Waals surface area contributed by atoms with Crippen molar-refractivity contribution in [3.05, 3.63) is 34.3 Å². The summed E-state index contributed by atoms with van der Waals surface area (Å²) in [5, 5.41) is 4.39. The Morgan fingerprint density at radius 1 is 1.50 bits per heavy atom. The maximum atomic E-state index is 5.97. The Labute approximate surface area is 102 Å². The molecule has 0 saturated carbocycles. The van der Waals surface area contributed by atoms with Crippen LogP contribution < -0.4 is 5.32 Å². The number of unbranched alkanes of at least 4 members (excludes halogenated alkanes) is 1. The first-order chi connectivity index (χ1) is 7.81. The minimum absolute atomic E-state index is 0.491. The molecule has 84 valence electrons. The van der Waals surface area contributed by atoms with Crippen molar-refractivity contribution in [2.75, 3.05) is 6.54 Å². The number of fused-ring (bicyclic) bond motifs is 1. The molecule has 1 aromatic carbocycles. The van der Waals surface area contributed by atoms with E-state index in [2.05, 4.69) is 23.4 Å². The minimum Gasteiger partial charge on any atom is -0.310 e. The molecule has 2 rings (SSSR count). The fraction of sp³-hybridized carbons (Fsp3) is 0.429. The largest absolute Gasteiger partial charge is 0.310 e. The molecule has 1 N–H and O–H groups in total. The zero-order valence-electron chi connectivity index (χ0n) is 9.30. The Hall–Kier alpha value is -0.970. The van der Waals surface area contributed by atoms with Gasteiger partial charge in [0.25, 0.3) is 0 Å². The van der Waals surface area contributed by atoms with E-state index in [-0.39, 0.29) is 0 Å². The summed E-state index contributed by atoms with van der Waals surface area (Å²) >= 11 is 5.97. The predicted octanol–water partition coefficient (Wildman–Crippen LogP) is 3.33. The van der Waals surface area contributed by atoms with Gasteiger partial charge in [-0.25, -0.2) is 0 Å². The molecule has 16 heavy (non-hydrogen) atoms. The zero-order chi connectivity index (χ0) is 11.4. The van der Waals surface area contributed by atoms with Crippen LogP contribution in [0.5, 0.6) is 0 Å². The number of hydrogen-bond acceptors (Lipinski definition) is 1. The molecular formula is C14H16ClN. The molecule has 0 aromatic heterocycles. The molecule has 0 radical (unpaired) electrons. The van der Waals surface area contributed by atoms with E-state index in [1.165, 1.54) is 17.5 Å². The molecule has 0 fully saturated rings. The van der Waals surface area contributed by atoms with Crippen molar-refractivity contribution in [1.29, 1.82) is 0 Å². The number of nitrogens with one attached hydrogen (secondary N) is 1. The zero-order valence-corrected chi connectivity index (χ0v) is 10.1. The van der Waals surface area contributed by atoms with Gasteiger partial charge >= 0.3 is 0 Å². The van der Waals surface area contributed by atoms with E-state index in [9.17, 15) is 0 Å². The standard InChI is InChI=1S/C14H16ClN/c1-2-3-4-9-16-14-8-5-11-10-12(15)6-7-13(11)14/h1,6-7,10,14,16H,3-5,8-9H2. The van der Waals surface area contributed by atoms with E-state index in [1.54, 1.807) is 0 Å². The first-order valence-corrected chi connectivity index (χ1v) is 6.14. The van der Waals surface area contributed by atoms with Crippen molar-refractivity contribution < 1.29 is 0 Å². The average molecular weight is 234 g/mol. The molecule has 2 heteroatoms. The highest BCUT2D eigenvalue weighted by Gasteiger charge is 2.21. The fourth-order valence-electron chi connectivity index (χ4n) is 2.26. The molecule has 0 amide bonds. The molecule has 0 bridgehead atoms. The van der Waals surface area contributed by atoms with Crippen LogP contribution in [0.25, 0.3) is 0 Å². The van der Waals surface area contributed by atoms with Gasteiger partial charge in [-0.2, -0.15) is 0 Å². The molecule has 1 atom stereocenters. The van der Waals surface area contributed by atoms with Crippen LogP contribution in [-0.4, -0.2) is 6.54 Å². The Bertz CT molecular complexity index is 406. The van der Waals surface area contributed by atoms with Crippen LogP contribution >= 0.6 is 11.6 Å². The molecule has 1 unspecified atom stereocenters. The van der Waals surface area contributed by atoms with Crippen LogP contribution in [0.1, 0.15) is 36.4 Å². The summed E-state index contributed by atoms with van der Waals surface area (Å²) in [5.41, 5.74) is 2.80. The van der Waals surface area contributed by atoms with Crippen molar-refractivity contribution >= 4 is 11.6 Å². The maximum absolute atomic E-state index is 5.97. The average Bonchev–Trinajstić information content (AvgIpc) is 2.67. The third kappa shape index (κ3) is 2.58. The molecule has 0 heterocycles. The second kappa shape index (κ2) is 5.39. The molecule has 0 aliphatic heterocycles. The third-order valence-corrected chi connectivity index (χ3v) is 3.31. The molecule has 1 aromatic rings. The van der Waals surface area contributed by atoms with Crippen molar-refractivity contribution in [3.8, 4) is 12.3 Å². The van der Waals surface area contributed by atoms with Gasteiger partial charge < -0.3 is 5.32 Å². The molecule has 0 saturated heterocycles. The number of aryl methyl sites for hydroxylation is 1. The minimum atomic E-state index is 0.491. The predicted molar refractivity (Wildman–Crippen MR) is 68.6 cm³/mol. The van der Waals surface area contributed by atoms with E-state index in [4.69, 9.17) is 18.0 Å². The number of rotatable bonds is 4. The first kappa shape index (κ1) is 11.5. The summed E-state index contributed by atoms with van der Waals surface area (Å²) in [6, 6.07) is 6.69. The Kier molecular flexibility index (Phi) is 3.88. The lowest BCUT2D eigenvalue weighted by atomic mass is 10.1. The van der Waals surface area contributed by atoms with Crippen molar-refractivity contribution in [1.82, 2.24) is 5.32 Å². The van der Waals surface area contributed by atoms with Gasteiger partial charge in [-0.3, -0.25) is 0 Å². The SMILES string of the molecule is C#CCCCNC1CCc2cc(Cl)ccc21. The monoisotopic (exact) mass is 233 g/mol. The second-order valence-electron chi connectivity index (χ2n) is 4.20. The summed E-state index contributed by atoms with van der Waals surface area (Å²) in [4.78, 5) is 0. The summed E-state index contributed by atoms with van der Waals surface area (Å²) < 4.78 is 0. The fourth-order valence-corrected chi connectivity index (χ4v) is 2.46. The summed E-state index contributed by atoms with van der Waals surface area (Å²) in [7, 11) is 0. The summed E-state index contributed by atoms with van der Waals surface area (Å²) in [6.07, 6.45) is 9.43. The van der Waals surface area contributed by atoms with Gasteiger partial charge in [0.2, 0.25) is 0 Å². The van der Waals surface area contributed by atoms with Crippen molar-refractivity contribution in [2.45, 2.75) is 31.7 Å². The molecule has 0 spiro atoms. The van der Waals surface area contributed by atoms with Crippen LogP contribution in [-0.2, 0) is 6.42 Å². The number of halogens is 1. The quantitative estimate of drug-likeness (QED) is 0.622. The van der Waals surface area contributed by atoms with Crippen LogP contribution in [0.3, 0.4) is 0 Å². The third-order valence-electron chi connectivity index (χ3n) is 3.07. The van der Waals surface area contributed by atoms with Gasteiger partial charge in [0.1, 0.15) is 0 Å². The summed E-state index contributed by atoms with van der Waals surface area (Å²) in [6.45, 7) is 0.997. The first-order valence-electron chi connectivity index (χ1n) is 5.76. The highest BCUT2D eigenvalue weighted by atomic mass is 35.5. The number of benzene rings is 1. The van der Waals surface area contributed by atoms with Gasteiger partial charge in [-0.05, 0) is 49.1 Å². The van der Waals surface area contributed by atoms with Gasteiger partial charge in [0.05, 0.1) is 0 Å². The van der Waals surface area contributed by atoms with Crippen LogP contribution in [0.4, 0.5) is 0 Å². The molecule has 1 aliphatic rings. The van der Waals surface area contributed by atoms with E-state index in [0.717, 1.165) is 30.8 Å². The lowest BCUT2D eigenvalue weighted by Gasteiger charge is -2.13. The number of terminal acetylenes is 1. The van der Waals surface area contributed by atoms with Crippen LogP contribution in [0, 0.1) is 12.3 Å². The Morgan fingerprint density at radius 3 is 3.19 bits per heavy atom. The van der Waals surface area contributed by atoms with Gasteiger partial charge in [0, 0.05) is 17.5 Å². The topological polar surface area (TPSA) is 12.0 Å². The molecular weight excluding hydrogens is 218 g/mol. The normalized spacial score (nSPS) is 18.1. The smallest absolute Gasteiger partial charge is 0.0408 e. The van der Waals surface area contributed by atoms with Crippen molar-refractivity contribution in [3.63, 3.8) is 0 Å². The lowest BCUT2D eigenvalue weighted by Crippen LogP contribution is -2.20. The lowest BCUT2D eigenvalue weighted by molar-refractivity contribution is 0.523. The highest BCUT2D eigenvalue weighted by Crippen LogP contribution is 2.32. The Balaban J connectivity index is 1.94. The second-order valence-corrected chi connectivity index (χ2v) is 4.63. The molecule has 1 aliphatic carbocycles. The van der Waals surface area contributed by atoms with E-state index >= 15 is 0 Å². The van der Waals surface area contributed by atoms with Crippen molar-refractivity contribution in [2.24, 2.45) is 0 Å².